The molecular formula is C51H37N5O. The van der Waals surface area contributed by atoms with E-state index < -0.39 is 0 Å². The Morgan fingerprint density at radius 1 is 0.333 bits per heavy atom. The molecule has 3 N–H and O–H groups in total. The lowest BCUT2D eigenvalue weighted by atomic mass is 10.0. The van der Waals surface area contributed by atoms with Crippen LogP contribution in [0.3, 0.4) is 0 Å². The number of nitrogens with zero attached hydrogens (tertiary/aromatic N) is 2. The van der Waals surface area contributed by atoms with Gasteiger partial charge in [-0.25, -0.2) is 0 Å². The maximum atomic E-state index is 6.48. The summed E-state index contributed by atoms with van der Waals surface area (Å²) >= 11 is 0. The van der Waals surface area contributed by atoms with Gasteiger partial charge in [0.25, 0.3) is 0 Å². The Morgan fingerprint density at radius 2 is 0.842 bits per heavy atom. The quantitative estimate of drug-likeness (QED) is 0.165. The number of aromatic nitrogens is 2. The van der Waals surface area contributed by atoms with Gasteiger partial charge in [-0.3, -0.25) is 16.0 Å². The van der Waals surface area contributed by atoms with Gasteiger partial charge in [-0.2, -0.15) is 0 Å². The molecule has 0 saturated carbocycles. The standard InChI is InChI=1S/C51H37N5O/c1-4-14-32(15-5-1)49-52-50(33-16-6-2-7-17-33)54-51(53-49)34-24-26-36(27-25-34)56-42-28-29-46-48(38-21-11-13-23-45(38)57-46)47(42)40-31-43-39(30-44(40)56)37-20-10-12-22-41(37)55(43)35-18-8-3-9-19-35/h1-31,49-54H. The van der Waals surface area contributed by atoms with E-state index in [1.807, 2.05) is 6.07 Å². The van der Waals surface area contributed by atoms with Crippen LogP contribution in [0.1, 0.15) is 35.2 Å². The van der Waals surface area contributed by atoms with Crippen LogP contribution >= 0.6 is 0 Å². The fourth-order valence-electron chi connectivity index (χ4n) is 9.25. The first kappa shape index (κ1) is 32.3. The van der Waals surface area contributed by atoms with Gasteiger partial charge in [0.05, 0.1) is 40.6 Å². The van der Waals surface area contributed by atoms with Crippen LogP contribution in [0.4, 0.5) is 0 Å². The van der Waals surface area contributed by atoms with Crippen LogP contribution in [0, 0.1) is 0 Å². The first-order valence-electron chi connectivity index (χ1n) is 19.6. The zero-order valence-electron chi connectivity index (χ0n) is 30.9. The average molecular weight is 736 g/mol. The fraction of sp³-hybridized carbons (Fsp3) is 0.0588. The lowest BCUT2D eigenvalue weighted by molar-refractivity contribution is 0.203. The zero-order chi connectivity index (χ0) is 37.5. The molecule has 1 saturated heterocycles. The van der Waals surface area contributed by atoms with Crippen molar-refractivity contribution in [3.8, 4) is 11.4 Å². The molecule has 2 unspecified atom stereocenters. The van der Waals surface area contributed by atoms with Crippen LogP contribution in [-0.4, -0.2) is 9.13 Å². The maximum absolute atomic E-state index is 6.48. The van der Waals surface area contributed by atoms with Gasteiger partial charge in [-0.1, -0.05) is 127 Å². The fourth-order valence-corrected chi connectivity index (χ4v) is 9.25. The maximum Gasteiger partial charge on any atom is 0.136 e. The van der Waals surface area contributed by atoms with Gasteiger partial charge < -0.3 is 13.6 Å². The van der Waals surface area contributed by atoms with Gasteiger partial charge in [0, 0.05) is 43.7 Å². The number of fused-ring (bicyclic) bond motifs is 10. The minimum absolute atomic E-state index is 0.0349. The number of para-hydroxylation sites is 3. The molecule has 4 heterocycles. The van der Waals surface area contributed by atoms with Gasteiger partial charge in [0.15, 0.2) is 0 Å². The summed E-state index contributed by atoms with van der Waals surface area (Å²) in [4.78, 5) is 0. The van der Waals surface area contributed by atoms with Crippen LogP contribution in [0.2, 0.25) is 0 Å². The summed E-state index contributed by atoms with van der Waals surface area (Å²) in [5, 5.41) is 18.6. The summed E-state index contributed by atoms with van der Waals surface area (Å²) in [6.07, 6.45) is -0.158. The largest absolute Gasteiger partial charge is 0.456 e. The van der Waals surface area contributed by atoms with E-state index >= 15 is 0 Å². The predicted molar refractivity (Wildman–Crippen MR) is 233 cm³/mol. The van der Waals surface area contributed by atoms with Gasteiger partial charge >= 0.3 is 0 Å². The topological polar surface area (TPSA) is 59.1 Å². The van der Waals surface area contributed by atoms with E-state index in [0.29, 0.717) is 0 Å². The number of hydrogen-bond donors (Lipinski definition) is 3. The highest BCUT2D eigenvalue weighted by Crippen LogP contribution is 2.44. The molecule has 6 nitrogen and oxygen atoms in total. The Hall–Kier alpha value is -6.96. The number of hydrogen-bond acceptors (Lipinski definition) is 4. The van der Waals surface area contributed by atoms with Crippen LogP contribution in [0.15, 0.2) is 192 Å². The number of furan rings is 1. The van der Waals surface area contributed by atoms with Gasteiger partial charge in [-0.15, -0.1) is 0 Å². The number of nitrogens with one attached hydrogen (secondary N) is 3. The smallest absolute Gasteiger partial charge is 0.136 e. The zero-order valence-corrected chi connectivity index (χ0v) is 30.9. The minimum atomic E-state index is -0.0884. The first-order valence-corrected chi connectivity index (χ1v) is 19.6. The van der Waals surface area contributed by atoms with Crippen molar-refractivity contribution in [1.29, 1.82) is 0 Å². The van der Waals surface area contributed by atoms with E-state index in [1.165, 1.54) is 49.3 Å². The van der Waals surface area contributed by atoms with Crippen molar-refractivity contribution >= 4 is 65.6 Å². The van der Waals surface area contributed by atoms with E-state index in [-0.39, 0.29) is 18.5 Å². The minimum Gasteiger partial charge on any atom is -0.456 e. The Bertz CT molecular complexity index is 3230. The Balaban J connectivity index is 1.07. The summed E-state index contributed by atoms with van der Waals surface area (Å²) in [6.45, 7) is 0. The van der Waals surface area contributed by atoms with Crippen LogP contribution in [0.25, 0.3) is 76.9 Å². The highest BCUT2D eigenvalue weighted by molar-refractivity contribution is 6.29. The molecule has 0 bridgehead atoms. The molecule has 57 heavy (non-hydrogen) atoms. The molecule has 11 aromatic rings. The van der Waals surface area contributed by atoms with Crippen LogP contribution in [0.5, 0.6) is 0 Å². The third kappa shape index (κ3) is 5.09. The predicted octanol–water partition coefficient (Wildman–Crippen LogP) is 12.0. The summed E-state index contributed by atoms with van der Waals surface area (Å²) < 4.78 is 11.3. The van der Waals surface area contributed by atoms with Crippen molar-refractivity contribution in [1.82, 2.24) is 25.1 Å². The molecule has 6 heteroatoms. The van der Waals surface area contributed by atoms with Crippen molar-refractivity contribution in [3.05, 3.63) is 205 Å². The first-order chi connectivity index (χ1) is 28.3. The molecule has 3 aromatic heterocycles. The average Bonchev–Trinajstić information content (AvgIpc) is 3.93. The molecule has 8 aromatic carbocycles. The Morgan fingerprint density at radius 3 is 1.53 bits per heavy atom. The van der Waals surface area contributed by atoms with E-state index in [9.17, 15) is 0 Å². The van der Waals surface area contributed by atoms with Crippen molar-refractivity contribution in [2.75, 3.05) is 0 Å². The monoisotopic (exact) mass is 735 g/mol. The second-order valence-electron chi connectivity index (χ2n) is 15.1. The molecule has 0 radical (unpaired) electrons. The van der Waals surface area contributed by atoms with Gasteiger partial charge in [0.1, 0.15) is 11.2 Å². The molecule has 0 amide bonds. The highest BCUT2D eigenvalue weighted by Gasteiger charge is 2.30. The number of benzene rings is 8. The summed E-state index contributed by atoms with van der Waals surface area (Å²) in [6, 6.07) is 67.3. The van der Waals surface area contributed by atoms with Crippen LogP contribution < -0.4 is 16.0 Å². The summed E-state index contributed by atoms with van der Waals surface area (Å²) in [7, 11) is 0. The molecule has 1 aliphatic rings. The highest BCUT2D eigenvalue weighted by atomic mass is 16.3. The third-order valence-corrected chi connectivity index (χ3v) is 11.8. The molecule has 0 aliphatic carbocycles. The molecule has 272 valence electrons. The van der Waals surface area contributed by atoms with Gasteiger partial charge in [0.2, 0.25) is 0 Å². The second kappa shape index (κ2) is 12.8. The van der Waals surface area contributed by atoms with Crippen molar-refractivity contribution in [2.24, 2.45) is 0 Å². The van der Waals surface area contributed by atoms with E-state index in [4.69, 9.17) is 4.42 Å². The van der Waals surface area contributed by atoms with Crippen molar-refractivity contribution < 1.29 is 4.42 Å². The van der Waals surface area contributed by atoms with Crippen molar-refractivity contribution in [3.63, 3.8) is 0 Å². The summed E-state index contributed by atoms with van der Waals surface area (Å²) in [5.41, 5.74) is 12.3. The Kier molecular flexibility index (Phi) is 7.25. The second-order valence-corrected chi connectivity index (χ2v) is 15.1. The summed E-state index contributed by atoms with van der Waals surface area (Å²) in [5.74, 6) is 0. The Labute approximate surface area is 328 Å². The van der Waals surface area contributed by atoms with E-state index in [2.05, 4.69) is 207 Å². The van der Waals surface area contributed by atoms with Gasteiger partial charge in [-0.05, 0) is 77.4 Å². The molecule has 0 spiro atoms. The molecule has 12 rings (SSSR count). The number of rotatable bonds is 5. The normalized spacial score (nSPS) is 17.4. The third-order valence-electron chi connectivity index (χ3n) is 11.8. The van der Waals surface area contributed by atoms with Crippen LogP contribution in [-0.2, 0) is 0 Å². The molecule has 1 fully saturated rings. The SMILES string of the molecule is c1ccc(C2NC(c3ccccc3)NC(c3ccc(-n4c5cc6c7ccccc7n(-c7ccccc7)c6cc5c5c6c(ccc54)oc4ccccc46)cc3)N2)cc1. The van der Waals surface area contributed by atoms with E-state index in [1.54, 1.807) is 0 Å². The molecule has 1 aliphatic heterocycles. The van der Waals surface area contributed by atoms with E-state index in [0.717, 1.165) is 44.3 Å². The lowest BCUT2D eigenvalue weighted by Gasteiger charge is -2.39. The molecular weight excluding hydrogens is 699 g/mol. The van der Waals surface area contributed by atoms with Crippen molar-refractivity contribution in [2.45, 2.75) is 18.5 Å². The molecule has 2 atom stereocenters. The lowest BCUT2D eigenvalue weighted by Crippen LogP contribution is -2.54.